The second-order valence-electron chi connectivity index (χ2n) is 7.74. The van der Waals surface area contributed by atoms with Gasteiger partial charge >= 0.3 is 5.97 Å². The number of para-hydroxylation sites is 1. The Morgan fingerprint density at radius 2 is 1.58 bits per heavy atom. The van der Waals surface area contributed by atoms with Crippen molar-refractivity contribution in [1.29, 1.82) is 0 Å². The summed E-state index contributed by atoms with van der Waals surface area (Å²) in [5.74, 6) is -0.974. The quantitative estimate of drug-likeness (QED) is 0.112. The Labute approximate surface area is 232 Å². The number of sulfonamides is 1. The third-order valence-corrected chi connectivity index (χ3v) is 7.22. The van der Waals surface area contributed by atoms with Crippen LogP contribution in [-0.2, 0) is 10.0 Å². The molecule has 0 aliphatic rings. The van der Waals surface area contributed by atoms with E-state index in [1.807, 2.05) is 0 Å². The standard InChI is InChI=1S/C27H19BrClN3O5S/c28-20-10-15-25(37-27(34)18-6-2-1-3-7-18)19(16-20)17-30-31-26(33)23-8-4-5-9-24(23)32-38(35,36)22-13-11-21(29)12-14-22/h1-17,32H,(H,31,33)/b30-17+. The number of carbonyl (C=O) groups excluding carboxylic acids is 2. The number of rotatable bonds is 8. The van der Waals surface area contributed by atoms with Crippen LogP contribution in [0.2, 0.25) is 5.02 Å². The zero-order valence-corrected chi connectivity index (χ0v) is 22.6. The van der Waals surface area contributed by atoms with E-state index in [2.05, 4.69) is 31.2 Å². The number of ether oxygens (including phenoxy) is 1. The first-order chi connectivity index (χ1) is 18.2. The molecule has 0 atom stereocenters. The highest BCUT2D eigenvalue weighted by atomic mass is 79.9. The molecule has 192 valence electrons. The number of hydrogen-bond acceptors (Lipinski definition) is 6. The molecule has 4 aromatic carbocycles. The highest BCUT2D eigenvalue weighted by molar-refractivity contribution is 9.10. The summed E-state index contributed by atoms with van der Waals surface area (Å²) in [6.45, 7) is 0. The largest absolute Gasteiger partial charge is 0.422 e. The monoisotopic (exact) mass is 611 g/mol. The molecule has 0 fully saturated rings. The van der Waals surface area contributed by atoms with Crippen molar-refractivity contribution >= 4 is 61.3 Å². The molecular formula is C27H19BrClN3O5S. The average molecular weight is 613 g/mol. The van der Waals surface area contributed by atoms with Crippen LogP contribution in [0.4, 0.5) is 5.69 Å². The second kappa shape index (κ2) is 12.0. The minimum absolute atomic E-state index is 0.0117. The van der Waals surface area contributed by atoms with Crippen LogP contribution in [0.3, 0.4) is 0 Å². The van der Waals surface area contributed by atoms with Gasteiger partial charge < -0.3 is 4.74 Å². The van der Waals surface area contributed by atoms with Crippen molar-refractivity contribution in [3.8, 4) is 5.75 Å². The van der Waals surface area contributed by atoms with Gasteiger partial charge in [0.2, 0.25) is 0 Å². The summed E-state index contributed by atoms with van der Waals surface area (Å²) in [6, 6.07) is 25.2. The number of esters is 1. The molecular weight excluding hydrogens is 594 g/mol. The predicted octanol–water partition coefficient (Wildman–Crippen LogP) is 5.89. The number of amides is 1. The minimum Gasteiger partial charge on any atom is -0.422 e. The van der Waals surface area contributed by atoms with Crippen molar-refractivity contribution in [2.24, 2.45) is 5.10 Å². The molecule has 0 saturated heterocycles. The van der Waals surface area contributed by atoms with Crippen LogP contribution in [0.25, 0.3) is 0 Å². The van der Waals surface area contributed by atoms with Gasteiger partial charge in [-0.25, -0.2) is 18.6 Å². The van der Waals surface area contributed by atoms with E-state index in [1.165, 1.54) is 42.6 Å². The average Bonchev–Trinajstić information content (AvgIpc) is 2.91. The van der Waals surface area contributed by atoms with Crippen molar-refractivity contribution < 1.29 is 22.7 Å². The first-order valence-corrected chi connectivity index (χ1v) is 13.7. The Morgan fingerprint density at radius 1 is 0.895 bits per heavy atom. The zero-order valence-electron chi connectivity index (χ0n) is 19.5. The molecule has 0 spiro atoms. The number of nitrogens with zero attached hydrogens (tertiary/aromatic N) is 1. The summed E-state index contributed by atoms with van der Waals surface area (Å²) in [5, 5.41) is 4.37. The molecule has 11 heteroatoms. The highest BCUT2D eigenvalue weighted by Gasteiger charge is 2.18. The molecule has 1 amide bonds. The third-order valence-electron chi connectivity index (χ3n) is 5.09. The van der Waals surface area contributed by atoms with Gasteiger partial charge in [-0.05, 0) is 66.7 Å². The van der Waals surface area contributed by atoms with Gasteiger partial charge in [0.15, 0.2) is 0 Å². The van der Waals surface area contributed by atoms with E-state index < -0.39 is 21.9 Å². The fourth-order valence-corrected chi connectivity index (χ4v) is 4.84. The van der Waals surface area contributed by atoms with Gasteiger partial charge in [0.05, 0.1) is 27.9 Å². The molecule has 0 unspecified atom stereocenters. The van der Waals surface area contributed by atoms with Crippen molar-refractivity contribution in [2.45, 2.75) is 4.90 Å². The van der Waals surface area contributed by atoms with Gasteiger partial charge in [0, 0.05) is 15.1 Å². The van der Waals surface area contributed by atoms with Crippen LogP contribution >= 0.6 is 27.5 Å². The van der Waals surface area contributed by atoms with Gasteiger partial charge in [0.25, 0.3) is 15.9 Å². The van der Waals surface area contributed by atoms with Crippen molar-refractivity contribution in [3.05, 3.63) is 123 Å². The maximum absolute atomic E-state index is 12.9. The number of carbonyl (C=O) groups is 2. The van der Waals surface area contributed by atoms with E-state index >= 15 is 0 Å². The fraction of sp³-hybridized carbons (Fsp3) is 0. The zero-order chi connectivity index (χ0) is 27.1. The molecule has 38 heavy (non-hydrogen) atoms. The number of benzene rings is 4. The van der Waals surface area contributed by atoms with Crippen molar-refractivity contribution in [3.63, 3.8) is 0 Å². The Balaban J connectivity index is 1.50. The molecule has 4 aromatic rings. The van der Waals surface area contributed by atoms with E-state index in [0.29, 0.717) is 20.6 Å². The van der Waals surface area contributed by atoms with Crippen LogP contribution in [0, 0.1) is 0 Å². The van der Waals surface area contributed by atoms with Crippen LogP contribution in [0.1, 0.15) is 26.3 Å². The van der Waals surface area contributed by atoms with Crippen molar-refractivity contribution in [1.82, 2.24) is 5.43 Å². The Kier molecular flexibility index (Phi) is 8.57. The summed E-state index contributed by atoms with van der Waals surface area (Å²) in [4.78, 5) is 25.3. The fourth-order valence-electron chi connectivity index (χ4n) is 3.25. The number of anilines is 1. The van der Waals surface area contributed by atoms with E-state index in [0.717, 1.165) is 0 Å². The van der Waals surface area contributed by atoms with E-state index in [-0.39, 0.29) is 21.9 Å². The number of halogens is 2. The van der Waals surface area contributed by atoms with Crippen molar-refractivity contribution in [2.75, 3.05) is 4.72 Å². The Hall–Kier alpha value is -3.99. The lowest BCUT2D eigenvalue weighted by Crippen LogP contribution is -2.21. The Bertz CT molecular complexity index is 1610. The maximum atomic E-state index is 12.9. The summed E-state index contributed by atoms with van der Waals surface area (Å²) >= 11 is 9.21. The lowest BCUT2D eigenvalue weighted by atomic mass is 10.2. The summed E-state index contributed by atoms with van der Waals surface area (Å²) in [7, 11) is -3.98. The van der Waals surface area contributed by atoms with Gasteiger partial charge in [-0.2, -0.15) is 5.10 Å². The van der Waals surface area contributed by atoms with Crippen LogP contribution in [0.5, 0.6) is 5.75 Å². The van der Waals surface area contributed by atoms with Gasteiger partial charge in [0.1, 0.15) is 5.75 Å². The van der Waals surface area contributed by atoms with E-state index in [4.69, 9.17) is 16.3 Å². The predicted molar refractivity (Wildman–Crippen MR) is 149 cm³/mol. The lowest BCUT2D eigenvalue weighted by molar-refractivity contribution is 0.0734. The molecule has 4 rings (SSSR count). The molecule has 0 radical (unpaired) electrons. The molecule has 0 bridgehead atoms. The minimum atomic E-state index is -3.98. The molecule has 0 aliphatic heterocycles. The molecule has 0 aliphatic carbocycles. The molecule has 2 N–H and O–H groups in total. The summed E-state index contributed by atoms with van der Waals surface area (Å²) < 4.78 is 34.2. The topological polar surface area (TPSA) is 114 Å². The molecule has 0 aromatic heterocycles. The summed E-state index contributed by atoms with van der Waals surface area (Å²) in [5.41, 5.74) is 3.28. The molecule has 8 nitrogen and oxygen atoms in total. The first kappa shape index (κ1) is 27.1. The number of nitrogens with one attached hydrogen (secondary N) is 2. The maximum Gasteiger partial charge on any atom is 0.343 e. The normalized spacial score (nSPS) is 11.2. The highest BCUT2D eigenvalue weighted by Crippen LogP contribution is 2.24. The summed E-state index contributed by atoms with van der Waals surface area (Å²) in [6.07, 6.45) is 1.32. The first-order valence-electron chi connectivity index (χ1n) is 11.0. The smallest absolute Gasteiger partial charge is 0.343 e. The molecule has 0 heterocycles. The van der Waals surface area contributed by atoms with Gasteiger partial charge in [-0.15, -0.1) is 0 Å². The number of hydrogen-bond donors (Lipinski definition) is 2. The number of hydrazone groups is 1. The van der Waals surface area contributed by atoms with Gasteiger partial charge in [-0.3, -0.25) is 9.52 Å². The van der Waals surface area contributed by atoms with Crippen LogP contribution in [-0.4, -0.2) is 26.5 Å². The molecule has 0 saturated carbocycles. The lowest BCUT2D eigenvalue weighted by Gasteiger charge is -2.12. The van der Waals surface area contributed by atoms with E-state index in [9.17, 15) is 18.0 Å². The SMILES string of the molecule is O=C(Oc1ccc(Br)cc1/C=N/NC(=O)c1ccccc1NS(=O)(=O)c1ccc(Cl)cc1)c1ccccc1. The second-order valence-corrected chi connectivity index (χ2v) is 10.8. The van der Waals surface area contributed by atoms with Crippen LogP contribution < -0.4 is 14.9 Å². The third kappa shape index (κ3) is 6.86. The van der Waals surface area contributed by atoms with E-state index in [1.54, 1.807) is 60.7 Å². The Morgan fingerprint density at radius 3 is 2.32 bits per heavy atom. The van der Waals surface area contributed by atoms with Crippen LogP contribution in [0.15, 0.2) is 112 Å². The van der Waals surface area contributed by atoms with Gasteiger partial charge in [-0.1, -0.05) is 57.9 Å².